The van der Waals surface area contributed by atoms with E-state index in [4.69, 9.17) is 23.0 Å². The van der Waals surface area contributed by atoms with E-state index in [-0.39, 0.29) is 53.3 Å². The second-order valence-electron chi connectivity index (χ2n) is 20.6. The Morgan fingerprint density at radius 3 is 1.41 bits per heavy atom. The third-order valence-corrected chi connectivity index (χ3v) is 12.7. The molecule has 3 N–H and O–H groups in total. The van der Waals surface area contributed by atoms with E-state index in [1.807, 2.05) is 111 Å². The molecule has 2 aliphatic rings. The number of nitrogens with zero attached hydrogens (tertiary/aromatic N) is 2. The molecule has 4 aromatic rings. The van der Waals surface area contributed by atoms with E-state index >= 15 is 0 Å². The van der Waals surface area contributed by atoms with Gasteiger partial charge in [-0.15, -0.1) is 0 Å². The lowest BCUT2D eigenvalue weighted by molar-refractivity contribution is -0.160. The number of aryl methyl sites for hydroxylation is 4. The summed E-state index contributed by atoms with van der Waals surface area (Å²) in [6, 6.07) is 14.6. The van der Waals surface area contributed by atoms with Crippen molar-refractivity contribution >= 4 is 23.8 Å². The first-order chi connectivity index (χ1) is 32.2. The molecular weight excluding hydrogens is 865 g/mol. The number of hydrogen-bond donors (Lipinski definition) is 3. The first-order valence-corrected chi connectivity index (χ1v) is 24.5. The fraction of sp³-hybridized carbons (Fsp3) is 0.593. The zero-order valence-corrected chi connectivity index (χ0v) is 42.2. The van der Waals surface area contributed by atoms with Crippen LogP contribution in [0.2, 0.25) is 0 Å². The highest BCUT2D eigenvalue weighted by atomic mass is 16.6. The zero-order chi connectivity index (χ0) is 49.7. The molecule has 14 heteroatoms. The Morgan fingerprint density at radius 1 is 0.647 bits per heavy atom. The Bertz CT molecular complexity index is 2260. The topological polar surface area (TPSA) is 192 Å². The molecule has 0 saturated heterocycles. The van der Waals surface area contributed by atoms with Gasteiger partial charge >= 0.3 is 11.9 Å². The van der Waals surface area contributed by atoms with Gasteiger partial charge in [-0.1, -0.05) is 75.9 Å². The third-order valence-electron chi connectivity index (χ3n) is 12.7. The average Bonchev–Trinajstić information content (AvgIpc) is 3.85. The maximum atomic E-state index is 13.0. The van der Waals surface area contributed by atoms with Crippen molar-refractivity contribution in [3.63, 3.8) is 0 Å². The third kappa shape index (κ3) is 16.1. The molecule has 0 bridgehead atoms. The van der Waals surface area contributed by atoms with Gasteiger partial charge in [0, 0.05) is 36.2 Å². The van der Waals surface area contributed by atoms with Crippen LogP contribution in [-0.4, -0.2) is 69.7 Å². The van der Waals surface area contributed by atoms with Crippen LogP contribution in [0.3, 0.4) is 0 Å². The quantitative estimate of drug-likeness (QED) is 0.0801. The monoisotopic (exact) mass is 941 g/mol. The van der Waals surface area contributed by atoms with E-state index in [0.29, 0.717) is 44.6 Å². The van der Waals surface area contributed by atoms with E-state index in [1.165, 1.54) is 11.1 Å². The molecule has 2 amide bonds. The van der Waals surface area contributed by atoms with Gasteiger partial charge in [-0.3, -0.25) is 9.59 Å². The molecule has 68 heavy (non-hydrogen) atoms. The number of carbonyl (C=O) groups is 4. The number of rotatable bonds is 18. The first-order valence-electron chi connectivity index (χ1n) is 24.5. The van der Waals surface area contributed by atoms with Crippen molar-refractivity contribution in [3.8, 4) is 22.9 Å². The Kier molecular flexibility index (Phi) is 19.5. The van der Waals surface area contributed by atoms with Gasteiger partial charge in [-0.2, -0.15) is 0 Å². The molecule has 2 aromatic carbocycles. The molecule has 6 rings (SSSR count). The highest BCUT2D eigenvalue weighted by Crippen LogP contribution is 2.32. The number of benzene rings is 2. The minimum absolute atomic E-state index is 0.0537. The molecule has 2 aromatic heterocycles. The second-order valence-corrected chi connectivity index (χ2v) is 20.6. The number of hydrogen-bond acceptors (Lipinski definition) is 11. The number of ether oxygens (including phenoxy) is 3. The molecular formula is C54H76N4O10. The lowest BCUT2D eigenvalue weighted by Gasteiger charge is -2.31. The Balaban J connectivity index is 0.000000256. The number of oxazole rings is 2. The van der Waals surface area contributed by atoms with Crippen LogP contribution in [0.25, 0.3) is 22.9 Å². The number of carbonyl (C=O) groups excluding carboxylic acids is 3. The molecule has 2 saturated carbocycles. The molecule has 0 radical (unpaired) electrons. The molecule has 14 nitrogen and oxygen atoms in total. The van der Waals surface area contributed by atoms with Gasteiger partial charge in [-0.25, -0.2) is 19.6 Å². The first kappa shape index (κ1) is 53.6. The molecule has 0 aliphatic heterocycles. The number of aromatic nitrogens is 2. The van der Waals surface area contributed by atoms with Crippen molar-refractivity contribution in [2.24, 2.45) is 35.5 Å². The van der Waals surface area contributed by atoms with Crippen LogP contribution in [-0.2, 0) is 46.6 Å². The highest BCUT2D eigenvalue weighted by Gasteiger charge is 2.34. The van der Waals surface area contributed by atoms with Crippen LogP contribution in [0.5, 0.6) is 0 Å². The summed E-state index contributed by atoms with van der Waals surface area (Å²) in [5, 5.41) is 15.0. The Labute approximate surface area is 403 Å². The van der Waals surface area contributed by atoms with E-state index in [2.05, 4.69) is 20.6 Å². The molecule has 2 fully saturated rings. The standard InChI is InChI=1S/C29H42N2O5.C25H34N2O5/c1-18(2)25(28(33)36-29(5,6)7)31-26(32)23-10-8-9-21(15-23)16-34-17-24-20(4)35-27(30-24)22-13-11-19(3)12-14-22;1-15(2)22(25(29)30)27-23(28)20-7-5-6-18(12-20)13-31-14-21-17(4)32-24(26-21)19-10-8-16(3)9-11-19/h11-14,18,21,23,25H,8-10,15-17H2,1-7H3,(H,31,32);8-11,15,18,20,22H,5-7,12-14H2,1-4H3,(H,27,28)(H,29,30)/t21?,23?,25-;18?,20?,22-/m00/s1. The predicted molar refractivity (Wildman–Crippen MR) is 260 cm³/mol. The largest absolute Gasteiger partial charge is 0.480 e. The fourth-order valence-electron chi connectivity index (χ4n) is 8.69. The van der Waals surface area contributed by atoms with Crippen LogP contribution in [0.1, 0.15) is 134 Å². The lowest BCUT2D eigenvalue weighted by Crippen LogP contribution is -2.49. The molecule has 0 spiro atoms. The van der Waals surface area contributed by atoms with Crippen molar-refractivity contribution in [2.45, 2.75) is 158 Å². The number of carboxylic acid groups (broad SMARTS) is 1. The van der Waals surface area contributed by atoms with Gasteiger partial charge < -0.3 is 38.8 Å². The second kappa shape index (κ2) is 24.8. The molecule has 2 heterocycles. The number of aliphatic carboxylic acids is 1. The van der Waals surface area contributed by atoms with Gasteiger partial charge in [0.05, 0.1) is 13.2 Å². The smallest absolute Gasteiger partial charge is 0.329 e. The van der Waals surface area contributed by atoms with Gasteiger partial charge in [0.15, 0.2) is 0 Å². The van der Waals surface area contributed by atoms with Crippen molar-refractivity contribution in [1.82, 2.24) is 20.6 Å². The van der Waals surface area contributed by atoms with Crippen molar-refractivity contribution in [1.29, 1.82) is 0 Å². The zero-order valence-electron chi connectivity index (χ0n) is 42.2. The van der Waals surface area contributed by atoms with E-state index < -0.39 is 23.7 Å². The summed E-state index contributed by atoms with van der Waals surface area (Å²) in [5.41, 5.74) is 5.25. The Hall–Kier alpha value is -5.34. The minimum Gasteiger partial charge on any atom is -0.480 e. The van der Waals surface area contributed by atoms with Crippen LogP contribution in [0, 0.1) is 63.2 Å². The van der Waals surface area contributed by atoms with E-state index in [0.717, 1.165) is 79.0 Å². The number of amides is 2. The molecule has 372 valence electrons. The molecule has 2 aliphatic carbocycles. The van der Waals surface area contributed by atoms with Crippen LogP contribution < -0.4 is 10.6 Å². The van der Waals surface area contributed by atoms with Gasteiger partial charge in [0.25, 0.3) is 0 Å². The summed E-state index contributed by atoms with van der Waals surface area (Å²) in [5.74, 6) is 1.15. The molecule has 4 unspecified atom stereocenters. The van der Waals surface area contributed by atoms with Crippen LogP contribution >= 0.6 is 0 Å². The average molecular weight is 941 g/mol. The van der Waals surface area contributed by atoms with Gasteiger partial charge in [0.1, 0.15) is 40.6 Å². The van der Waals surface area contributed by atoms with Gasteiger partial charge in [0.2, 0.25) is 23.6 Å². The number of carboxylic acids is 1. The highest BCUT2D eigenvalue weighted by molar-refractivity contribution is 5.86. The SMILES string of the molecule is Cc1ccc(-c2nc(COCC3CCCC(C(=O)N[C@H](C(=O)O)C(C)C)C3)c(C)o2)cc1.Cc1ccc(-c2nc(COCC3CCCC(C(=O)N[C@H](C(=O)OC(C)(C)C)C(C)C)C3)c(C)o2)cc1. The Morgan fingerprint density at radius 2 is 1.04 bits per heavy atom. The summed E-state index contributed by atoms with van der Waals surface area (Å²) in [7, 11) is 0. The summed E-state index contributed by atoms with van der Waals surface area (Å²) >= 11 is 0. The van der Waals surface area contributed by atoms with E-state index in [1.54, 1.807) is 13.8 Å². The summed E-state index contributed by atoms with van der Waals surface area (Å²) in [6.45, 7) is 22.7. The van der Waals surface area contributed by atoms with Crippen LogP contribution in [0.15, 0.2) is 57.4 Å². The summed E-state index contributed by atoms with van der Waals surface area (Å²) < 4.78 is 29.2. The fourth-order valence-corrected chi connectivity index (χ4v) is 8.69. The summed E-state index contributed by atoms with van der Waals surface area (Å²) in [4.78, 5) is 58.9. The maximum absolute atomic E-state index is 13.0. The molecule has 6 atom stereocenters. The minimum atomic E-state index is -0.989. The number of nitrogens with one attached hydrogen (secondary N) is 2. The van der Waals surface area contributed by atoms with Crippen molar-refractivity contribution in [2.75, 3.05) is 13.2 Å². The predicted octanol–water partition coefficient (Wildman–Crippen LogP) is 10.3. The van der Waals surface area contributed by atoms with Gasteiger partial charge in [-0.05, 0) is 135 Å². The van der Waals surface area contributed by atoms with E-state index in [9.17, 15) is 24.3 Å². The number of esters is 1. The van der Waals surface area contributed by atoms with Crippen molar-refractivity contribution < 1.29 is 47.3 Å². The normalized spacial score (nSPS) is 19.4. The lowest BCUT2D eigenvalue weighted by atomic mass is 9.81. The van der Waals surface area contributed by atoms with Crippen molar-refractivity contribution in [3.05, 3.63) is 82.6 Å². The maximum Gasteiger partial charge on any atom is 0.329 e. The summed E-state index contributed by atoms with van der Waals surface area (Å²) in [6.07, 6.45) is 7.00. The van der Waals surface area contributed by atoms with Crippen LogP contribution in [0.4, 0.5) is 0 Å².